The van der Waals surface area contributed by atoms with Gasteiger partial charge in [-0.25, -0.2) is 4.39 Å². The van der Waals surface area contributed by atoms with Gasteiger partial charge >= 0.3 is 0 Å². The van der Waals surface area contributed by atoms with E-state index in [9.17, 15) is 4.39 Å². The second-order valence-electron chi connectivity index (χ2n) is 5.36. The first-order chi connectivity index (χ1) is 10.2. The molecule has 2 aromatic rings. The summed E-state index contributed by atoms with van der Waals surface area (Å²) in [6.07, 6.45) is 1.06. The Balaban J connectivity index is 1.69. The molecule has 3 heteroatoms. The highest BCUT2D eigenvalue weighted by molar-refractivity contribution is 5.44. The van der Waals surface area contributed by atoms with Crippen LogP contribution in [-0.2, 0) is 6.54 Å². The van der Waals surface area contributed by atoms with Crippen molar-refractivity contribution in [3.63, 3.8) is 0 Å². The van der Waals surface area contributed by atoms with Gasteiger partial charge in [0, 0.05) is 25.8 Å². The van der Waals surface area contributed by atoms with Crippen LogP contribution in [0.4, 0.5) is 10.1 Å². The van der Waals surface area contributed by atoms with E-state index in [-0.39, 0.29) is 5.82 Å². The summed E-state index contributed by atoms with van der Waals surface area (Å²) < 4.78 is 13.2. The zero-order valence-corrected chi connectivity index (χ0v) is 12.8. The van der Waals surface area contributed by atoms with Gasteiger partial charge in [0.15, 0.2) is 0 Å². The van der Waals surface area contributed by atoms with Gasteiger partial charge < -0.3 is 10.2 Å². The molecule has 0 bridgehead atoms. The van der Waals surface area contributed by atoms with Crippen LogP contribution >= 0.6 is 0 Å². The van der Waals surface area contributed by atoms with Crippen molar-refractivity contribution < 1.29 is 4.39 Å². The highest BCUT2D eigenvalue weighted by atomic mass is 19.1. The normalized spacial score (nSPS) is 10.6. The van der Waals surface area contributed by atoms with E-state index in [0.29, 0.717) is 0 Å². The van der Waals surface area contributed by atoms with Crippen molar-refractivity contribution in [3.8, 4) is 0 Å². The van der Waals surface area contributed by atoms with Crippen molar-refractivity contribution in [1.29, 1.82) is 0 Å². The topological polar surface area (TPSA) is 15.3 Å². The fraction of sp³-hybridized carbons (Fsp3) is 0.333. The van der Waals surface area contributed by atoms with Crippen molar-refractivity contribution in [2.45, 2.75) is 19.9 Å². The fourth-order valence-corrected chi connectivity index (χ4v) is 2.31. The van der Waals surface area contributed by atoms with E-state index in [2.05, 4.69) is 41.5 Å². The van der Waals surface area contributed by atoms with E-state index in [1.54, 1.807) is 6.07 Å². The Morgan fingerprint density at radius 2 is 1.86 bits per heavy atom. The molecular weight excluding hydrogens is 263 g/mol. The molecular formula is C18H23FN2. The zero-order chi connectivity index (χ0) is 15.1. The van der Waals surface area contributed by atoms with Crippen molar-refractivity contribution in [3.05, 3.63) is 65.5 Å². The third kappa shape index (κ3) is 4.87. The van der Waals surface area contributed by atoms with Crippen LogP contribution in [0.15, 0.2) is 48.5 Å². The second kappa shape index (κ2) is 7.79. The number of nitrogens with zero attached hydrogens (tertiary/aromatic N) is 1. The summed E-state index contributed by atoms with van der Waals surface area (Å²) in [5.41, 5.74) is 3.40. The minimum Gasteiger partial charge on any atom is -0.375 e. The van der Waals surface area contributed by atoms with E-state index in [1.165, 1.54) is 11.8 Å². The Bertz CT molecular complexity index is 554. The molecule has 0 aliphatic rings. The highest BCUT2D eigenvalue weighted by Gasteiger charge is 2.01. The molecule has 0 radical (unpaired) electrons. The lowest BCUT2D eigenvalue weighted by Crippen LogP contribution is -2.23. The maximum Gasteiger partial charge on any atom is 0.123 e. The third-order valence-electron chi connectivity index (χ3n) is 3.67. The average molecular weight is 286 g/mol. The highest BCUT2D eigenvalue weighted by Crippen LogP contribution is 2.11. The fourth-order valence-electron chi connectivity index (χ4n) is 2.31. The van der Waals surface area contributed by atoms with E-state index < -0.39 is 0 Å². The Hall–Kier alpha value is -1.87. The predicted octanol–water partition coefficient (Wildman–Crippen LogP) is 3.75. The van der Waals surface area contributed by atoms with Gasteiger partial charge in [-0.3, -0.25) is 0 Å². The number of aryl methyl sites for hydroxylation is 1. The molecule has 2 aromatic carbocycles. The number of nitrogens with one attached hydrogen (secondary N) is 1. The molecule has 0 spiro atoms. The lowest BCUT2D eigenvalue weighted by atomic mass is 10.1. The first-order valence-corrected chi connectivity index (χ1v) is 7.39. The van der Waals surface area contributed by atoms with Crippen LogP contribution in [0.1, 0.15) is 17.5 Å². The molecule has 112 valence electrons. The molecule has 0 heterocycles. The van der Waals surface area contributed by atoms with Gasteiger partial charge in [0.25, 0.3) is 0 Å². The van der Waals surface area contributed by atoms with Gasteiger partial charge in [0.2, 0.25) is 0 Å². The second-order valence-corrected chi connectivity index (χ2v) is 5.36. The zero-order valence-electron chi connectivity index (χ0n) is 12.8. The van der Waals surface area contributed by atoms with Crippen molar-refractivity contribution in [2.24, 2.45) is 0 Å². The smallest absolute Gasteiger partial charge is 0.123 e. The minimum absolute atomic E-state index is 0.166. The summed E-state index contributed by atoms with van der Waals surface area (Å²) in [7, 11) is 2.10. The van der Waals surface area contributed by atoms with Crippen LogP contribution in [0.2, 0.25) is 0 Å². The molecule has 0 saturated carbocycles. The minimum atomic E-state index is -0.166. The Morgan fingerprint density at radius 3 is 2.62 bits per heavy atom. The molecule has 0 unspecified atom stereocenters. The molecule has 0 aliphatic carbocycles. The first kappa shape index (κ1) is 15.5. The monoisotopic (exact) mass is 286 g/mol. The van der Waals surface area contributed by atoms with Crippen molar-refractivity contribution in [2.75, 3.05) is 25.0 Å². The van der Waals surface area contributed by atoms with Gasteiger partial charge in [-0.05, 0) is 55.3 Å². The third-order valence-corrected chi connectivity index (χ3v) is 3.67. The van der Waals surface area contributed by atoms with Gasteiger partial charge in [-0.2, -0.15) is 0 Å². The van der Waals surface area contributed by atoms with Crippen LogP contribution in [0.3, 0.4) is 0 Å². The van der Waals surface area contributed by atoms with Gasteiger partial charge in [0.1, 0.15) is 5.82 Å². The van der Waals surface area contributed by atoms with Crippen molar-refractivity contribution in [1.82, 2.24) is 5.32 Å². The lowest BCUT2D eigenvalue weighted by molar-refractivity contribution is 0.614. The number of para-hydroxylation sites is 1. The number of hydrogen-bond acceptors (Lipinski definition) is 2. The molecule has 2 rings (SSSR count). The number of benzene rings is 2. The van der Waals surface area contributed by atoms with E-state index in [4.69, 9.17) is 0 Å². The molecule has 1 N–H and O–H groups in total. The number of hydrogen-bond donors (Lipinski definition) is 1. The predicted molar refractivity (Wildman–Crippen MR) is 87.2 cm³/mol. The summed E-state index contributed by atoms with van der Waals surface area (Å²) in [6, 6.07) is 15.3. The van der Waals surface area contributed by atoms with E-state index >= 15 is 0 Å². The summed E-state index contributed by atoms with van der Waals surface area (Å²) in [4.78, 5) is 2.25. The quantitative estimate of drug-likeness (QED) is 0.780. The number of halogens is 1. The van der Waals surface area contributed by atoms with Gasteiger partial charge in [-0.1, -0.05) is 24.3 Å². The lowest BCUT2D eigenvalue weighted by Gasteiger charge is -2.19. The van der Waals surface area contributed by atoms with E-state index in [0.717, 1.165) is 37.2 Å². The average Bonchev–Trinajstić information content (AvgIpc) is 2.51. The first-order valence-electron chi connectivity index (χ1n) is 7.39. The van der Waals surface area contributed by atoms with Crippen LogP contribution < -0.4 is 10.2 Å². The summed E-state index contributed by atoms with van der Waals surface area (Å²) >= 11 is 0. The Labute approximate surface area is 126 Å². The molecule has 2 nitrogen and oxygen atoms in total. The van der Waals surface area contributed by atoms with Crippen LogP contribution in [0.25, 0.3) is 0 Å². The molecule has 0 atom stereocenters. The SMILES string of the molecule is Cc1ccc(F)cc1CNCCCN(C)c1ccccc1. The molecule has 0 aliphatic heterocycles. The molecule has 0 fully saturated rings. The summed E-state index contributed by atoms with van der Waals surface area (Å²) in [5, 5.41) is 3.38. The molecule has 0 aromatic heterocycles. The maximum atomic E-state index is 13.2. The largest absolute Gasteiger partial charge is 0.375 e. The summed E-state index contributed by atoms with van der Waals surface area (Å²) in [5.74, 6) is -0.166. The summed E-state index contributed by atoms with van der Waals surface area (Å²) in [6.45, 7) is 4.66. The molecule has 0 amide bonds. The standard InChI is InChI=1S/C18H23FN2/c1-15-9-10-17(19)13-16(15)14-20-11-6-12-21(2)18-7-4-3-5-8-18/h3-5,7-10,13,20H,6,11-12,14H2,1-2H3. The van der Waals surface area contributed by atoms with Crippen LogP contribution in [0, 0.1) is 12.7 Å². The molecule has 0 saturated heterocycles. The molecule has 21 heavy (non-hydrogen) atoms. The Kier molecular flexibility index (Phi) is 5.76. The van der Waals surface area contributed by atoms with Crippen LogP contribution in [-0.4, -0.2) is 20.1 Å². The van der Waals surface area contributed by atoms with Gasteiger partial charge in [-0.15, -0.1) is 0 Å². The number of anilines is 1. The van der Waals surface area contributed by atoms with Crippen LogP contribution in [0.5, 0.6) is 0 Å². The Morgan fingerprint density at radius 1 is 1.10 bits per heavy atom. The van der Waals surface area contributed by atoms with Crippen molar-refractivity contribution >= 4 is 5.69 Å². The maximum absolute atomic E-state index is 13.2. The number of rotatable bonds is 7. The van der Waals surface area contributed by atoms with E-state index in [1.807, 2.05) is 19.1 Å². The van der Waals surface area contributed by atoms with Gasteiger partial charge in [0.05, 0.1) is 0 Å².